The molecule has 1 N–H and O–H groups in total. The number of carbonyl (C=O) groups excluding carboxylic acids is 1. The second-order valence-electron chi connectivity index (χ2n) is 5.57. The summed E-state index contributed by atoms with van der Waals surface area (Å²) in [5.74, 6) is -0.0941. The zero-order valence-electron chi connectivity index (χ0n) is 13.1. The molecule has 0 fully saturated rings. The fraction of sp³-hybridized carbons (Fsp3) is 0.0526. The Balaban J connectivity index is 1.54. The van der Waals surface area contributed by atoms with Crippen LogP contribution in [0.2, 0.25) is 0 Å². The first-order valence-corrected chi connectivity index (χ1v) is 8.48. The summed E-state index contributed by atoms with van der Waals surface area (Å²) in [6.45, 7) is 1.93. The lowest BCUT2D eigenvalue weighted by molar-refractivity contribution is 0.102. The quantitative estimate of drug-likeness (QED) is 0.594. The highest BCUT2D eigenvalue weighted by atomic mass is 32.1. The molecule has 0 atom stereocenters. The molecule has 0 aliphatic rings. The van der Waals surface area contributed by atoms with Crippen LogP contribution in [0.15, 0.2) is 66.3 Å². The van der Waals surface area contributed by atoms with Gasteiger partial charge < -0.3 is 5.32 Å². The van der Waals surface area contributed by atoms with Crippen LogP contribution in [0.4, 0.5) is 5.69 Å². The molecule has 4 aromatic rings. The second-order valence-corrected chi connectivity index (χ2v) is 6.44. The van der Waals surface area contributed by atoms with Gasteiger partial charge in [0.1, 0.15) is 0 Å². The Morgan fingerprint density at radius 1 is 1.12 bits per heavy atom. The van der Waals surface area contributed by atoms with Gasteiger partial charge in [0.15, 0.2) is 4.96 Å². The topological polar surface area (TPSA) is 46.4 Å². The van der Waals surface area contributed by atoms with E-state index in [0.717, 1.165) is 27.5 Å². The number of nitrogens with one attached hydrogen (secondary N) is 1. The minimum Gasteiger partial charge on any atom is -0.322 e. The molecule has 0 unspecified atom stereocenters. The molecular weight excluding hydrogens is 318 g/mol. The molecule has 0 spiro atoms. The highest BCUT2D eigenvalue weighted by Crippen LogP contribution is 2.23. The van der Waals surface area contributed by atoms with Crippen molar-refractivity contribution in [2.75, 3.05) is 5.32 Å². The third-order valence-corrected chi connectivity index (χ3v) is 4.69. The summed E-state index contributed by atoms with van der Waals surface area (Å²) < 4.78 is 2.01. The van der Waals surface area contributed by atoms with Gasteiger partial charge in [-0.05, 0) is 30.7 Å². The van der Waals surface area contributed by atoms with Gasteiger partial charge in [-0.2, -0.15) is 0 Å². The molecular formula is C19H15N3OS. The standard InChI is InChI=1S/C19H15N3OS/c1-13-4-2-3-5-16(13)18(23)20-15-8-6-14(7-9-15)17-12-22-10-11-24-19(22)21-17/h2-12H,1H3,(H,20,23). The molecule has 118 valence electrons. The summed E-state index contributed by atoms with van der Waals surface area (Å²) in [6, 6.07) is 15.3. The normalized spacial score (nSPS) is 10.9. The number of benzene rings is 2. The highest BCUT2D eigenvalue weighted by molar-refractivity contribution is 7.15. The van der Waals surface area contributed by atoms with E-state index in [9.17, 15) is 4.79 Å². The number of aromatic nitrogens is 2. The van der Waals surface area contributed by atoms with Crippen molar-refractivity contribution in [1.29, 1.82) is 0 Å². The van der Waals surface area contributed by atoms with E-state index in [1.165, 1.54) is 0 Å². The van der Waals surface area contributed by atoms with Gasteiger partial charge in [-0.25, -0.2) is 4.98 Å². The lowest BCUT2D eigenvalue weighted by atomic mass is 10.1. The fourth-order valence-electron chi connectivity index (χ4n) is 2.62. The van der Waals surface area contributed by atoms with Crippen LogP contribution in [-0.4, -0.2) is 15.3 Å². The van der Waals surface area contributed by atoms with Gasteiger partial charge in [0.05, 0.1) is 5.69 Å². The average molecular weight is 333 g/mol. The Kier molecular flexibility index (Phi) is 3.63. The number of imidazole rings is 1. The Labute approximate surface area is 143 Å². The van der Waals surface area contributed by atoms with Crippen LogP contribution >= 0.6 is 11.3 Å². The molecule has 2 aromatic heterocycles. The van der Waals surface area contributed by atoms with Crippen molar-refractivity contribution in [2.45, 2.75) is 6.92 Å². The largest absolute Gasteiger partial charge is 0.322 e. The van der Waals surface area contributed by atoms with E-state index < -0.39 is 0 Å². The molecule has 0 bridgehead atoms. The second kappa shape index (κ2) is 5.94. The highest BCUT2D eigenvalue weighted by Gasteiger charge is 2.09. The summed E-state index contributed by atoms with van der Waals surface area (Å²) in [6.07, 6.45) is 4.00. The van der Waals surface area contributed by atoms with Gasteiger partial charge in [0.2, 0.25) is 0 Å². The zero-order chi connectivity index (χ0) is 16.5. The number of aryl methyl sites for hydroxylation is 1. The molecule has 2 heterocycles. The predicted molar refractivity (Wildman–Crippen MR) is 97.6 cm³/mol. The number of hydrogen-bond acceptors (Lipinski definition) is 3. The van der Waals surface area contributed by atoms with Crippen molar-refractivity contribution < 1.29 is 4.79 Å². The first kappa shape index (κ1) is 14.7. The van der Waals surface area contributed by atoms with E-state index in [0.29, 0.717) is 5.56 Å². The van der Waals surface area contributed by atoms with Gasteiger partial charge in [-0.1, -0.05) is 30.3 Å². The van der Waals surface area contributed by atoms with Crippen molar-refractivity contribution >= 4 is 27.9 Å². The molecule has 0 saturated carbocycles. The number of thiazole rings is 1. The van der Waals surface area contributed by atoms with Crippen LogP contribution in [0.25, 0.3) is 16.2 Å². The van der Waals surface area contributed by atoms with Crippen LogP contribution in [0.1, 0.15) is 15.9 Å². The summed E-state index contributed by atoms with van der Waals surface area (Å²) in [7, 11) is 0. The zero-order valence-corrected chi connectivity index (χ0v) is 13.9. The van der Waals surface area contributed by atoms with Gasteiger partial charge in [-0.15, -0.1) is 11.3 Å². The molecule has 1 amide bonds. The van der Waals surface area contributed by atoms with Gasteiger partial charge in [-0.3, -0.25) is 9.20 Å². The van der Waals surface area contributed by atoms with Crippen LogP contribution in [0.3, 0.4) is 0 Å². The summed E-state index contributed by atoms with van der Waals surface area (Å²) >= 11 is 1.61. The third-order valence-electron chi connectivity index (χ3n) is 3.92. The maximum Gasteiger partial charge on any atom is 0.255 e. The Bertz CT molecular complexity index is 986. The molecule has 0 saturated heterocycles. The molecule has 5 heteroatoms. The van der Waals surface area contributed by atoms with Gasteiger partial charge in [0, 0.05) is 34.6 Å². The molecule has 24 heavy (non-hydrogen) atoms. The number of carbonyl (C=O) groups is 1. The van der Waals surface area contributed by atoms with Gasteiger partial charge >= 0.3 is 0 Å². The van der Waals surface area contributed by atoms with Crippen molar-refractivity contribution in [3.05, 3.63) is 77.4 Å². The summed E-state index contributed by atoms with van der Waals surface area (Å²) in [5.41, 5.74) is 4.38. The maximum atomic E-state index is 12.3. The van der Waals surface area contributed by atoms with Crippen molar-refractivity contribution in [3.63, 3.8) is 0 Å². The number of rotatable bonds is 3. The smallest absolute Gasteiger partial charge is 0.255 e. The van der Waals surface area contributed by atoms with Gasteiger partial charge in [0.25, 0.3) is 5.91 Å². The van der Waals surface area contributed by atoms with Crippen LogP contribution < -0.4 is 5.32 Å². The molecule has 0 radical (unpaired) electrons. The van der Waals surface area contributed by atoms with E-state index in [4.69, 9.17) is 0 Å². The van der Waals surface area contributed by atoms with E-state index >= 15 is 0 Å². The minimum absolute atomic E-state index is 0.0941. The fourth-order valence-corrected chi connectivity index (χ4v) is 3.32. The molecule has 0 aliphatic carbocycles. The van der Waals surface area contributed by atoms with E-state index in [1.54, 1.807) is 11.3 Å². The average Bonchev–Trinajstić information content (AvgIpc) is 3.17. The molecule has 0 aliphatic heterocycles. The maximum absolute atomic E-state index is 12.3. The van der Waals surface area contributed by atoms with Crippen molar-refractivity contribution in [3.8, 4) is 11.3 Å². The number of hydrogen-bond donors (Lipinski definition) is 1. The van der Waals surface area contributed by atoms with Crippen molar-refractivity contribution in [1.82, 2.24) is 9.38 Å². The Hall–Kier alpha value is -2.92. The lowest BCUT2D eigenvalue weighted by Crippen LogP contribution is -2.13. The first-order chi connectivity index (χ1) is 11.7. The van der Waals surface area contributed by atoms with E-state index in [-0.39, 0.29) is 5.91 Å². The minimum atomic E-state index is -0.0941. The summed E-state index contributed by atoms with van der Waals surface area (Å²) in [5, 5.41) is 4.95. The summed E-state index contributed by atoms with van der Waals surface area (Å²) in [4.78, 5) is 17.9. The lowest BCUT2D eigenvalue weighted by Gasteiger charge is -2.08. The molecule has 4 rings (SSSR count). The first-order valence-electron chi connectivity index (χ1n) is 7.60. The number of anilines is 1. The third kappa shape index (κ3) is 2.70. The van der Waals surface area contributed by atoms with Crippen LogP contribution in [0.5, 0.6) is 0 Å². The molecule has 2 aromatic carbocycles. The number of nitrogens with zero attached hydrogens (tertiary/aromatic N) is 2. The number of fused-ring (bicyclic) bond motifs is 1. The Morgan fingerprint density at radius 3 is 2.67 bits per heavy atom. The van der Waals surface area contributed by atoms with Crippen LogP contribution in [-0.2, 0) is 0 Å². The van der Waals surface area contributed by atoms with Crippen LogP contribution in [0, 0.1) is 6.92 Å². The number of amides is 1. The Morgan fingerprint density at radius 2 is 1.92 bits per heavy atom. The monoisotopic (exact) mass is 333 g/mol. The van der Waals surface area contributed by atoms with E-state index in [2.05, 4.69) is 10.3 Å². The van der Waals surface area contributed by atoms with Crippen molar-refractivity contribution in [2.24, 2.45) is 0 Å². The molecule has 4 nitrogen and oxygen atoms in total. The SMILES string of the molecule is Cc1ccccc1C(=O)Nc1ccc(-c2cn3ccsc3n2)cc1. The van der Waals surface area contributed by atoms with E-state index in [1.807, 2.05) is 77.6 Å². The predicted octanol–water partition coefficient (Wildman–Crippen LogP) is 4.62.